The van der Waals surface area contributed by atoms with Crippen LogP contribution in [0.4, 0.5) is 23.4 Å². The summed E-state index contributed by atoms with van der Waals surface area (Å²) in [7, 11) is 1.36. The second kappa shape index (κ2) is 9.41. The van der Waals surface area contributed by atoms with Crippen molar-refractivity contribution in [3.05, 3.63) is 78.0 Å². The lowest BCUT2D eigenvalue weighted by Gasteiger charge is -2.10. The van der Waals surface area contributed by atoms with Gasteiger partial charge in [0, 0.05) is 13.2 Å². The fourth-order valence-corrected chi connectivity index (χ4v) is 3.46. The molecule has 0 bridgehead atoms. The van der Waals surface area contributed by atoms with E-state index in [9.17, 15) is 27.2 Å². The van der Waals surface area contributed by atoms with Gasteiger partial charge in [-0.2, -0.15) is 0 Å². The number of nitrogens with zero attached hydrogens (tertiary/aromatic N) is 3. The largest absolute Gasteiger partial charge is 0.573 e. The first-order chi connectivity index (χ1) is 16.6. The van der Waals surface area contributed by atoms with E-state index in [2.05, 4.69) is 25.5 Å². The van der Waals surface area contributed by atoms with Gasteiger partial charge in [0.2, 0.25) is 5.91 Å². The van der Waals surface area contributed by atoms with E-state index < -0.39 is 29.7 Å². The van der Waals surface area contributed by atoms with Crippen LogP contribution in [0.25, 0.3) is 16.6 Å². The normalized spacial score (nSPS) is 11.3. The lowest BCUT2D eigenvalue weighted by molar-refractivity contribution is -0.274. The molecule has 180 valence electrons. The van der Waals surface area contributed by atoms with Gasteiger partial charge in [0.15, 0.2) is 5.82 Å². The minimum absolute atomic E-state index is 0.140. The highest BCUT2D eigenvalue weighted by molar-refractivity contribution is 6.00. The summed E-state index contributed by atoms with van der Waals surface area (Å²) >= 11 is 0. The van der Waals surface area contributed by atoms with Crippen molar-refractivity contribution in [3.8, 4) is 16.9 Å². The predicted octanol–water partition coefficient (Wildman–Crippen LogP) is 3.97. The smallest absolute Gasteiger partial charge is 0.406 e. The molecule has 4 rings (SSSR count). The molecule has 0 saturated heterocycles. The maximum absolute atomic E-state index is 13.9. The zero-order chi connectivity index (χ0) is 25.2. The molecule has 2 amide bonds. The molecule has 0 atom stereocenters. The molecule has 0 aliphatic carbocycles. The molecule has 0 unspecified atom stereocenters. The molecule has 4 aromatic rings. The van der Waals surface area contributed by atoms with Crippen molar-refractivity contribution in [1.82, 2.24) is 19.9 Å². The first-order valence-corrected chi connectivity index (χ1v) is 10.1. The number of fused-ring (bicyclic) bond motifs is 1. The first-order valence-electron chi connectivity index (χ1n) is 10.1. The molecule has 2 aromatic carbocycles. The Hall–Kier alpha value is -4.48. The van der Waals surface area contributed by atoms with Crippen molar-refractivity contribution in [2.24, 2.45) is 0 Å². The Balaban J connectivity index is 1.62. The lowest BCUT2D eigenvalue weighted by Crippen LogP contribution is -2.20. The van der Waals surface area contributed by atoms with Gasteiger partial charge in [-0.25, -0.2) is 13.9 Å². The van der Waals surface area contributed by atoms with E-state index in [1.54, 1.807) is 6.07 Å². The van der Waals surface area contributed by atoms with Crippen molar-refractivity contribution >= 4 is 23.1 Å². The molecule has 0 aliphatic heterocycles. The Morgan fingerprint density at radius 3 is 2.51 bits per heavy atom. The van der Waals surface area contributed by atoms with Crippen molar-refractivity contribution in [2.45, 2.75) is 12.8 Å². The summed E-state index contributed by atoms with van der Waals surface area (Å²) in [5, 5.41) is 9.32. The van der Waals surface area contributed by atoms with E-state index in [4.69, 9.17) is 0 Å². The Kier molecular flexibility index (Phi) is 6.36. The van der Waals surface area contributed by atoms with Crippen LogP contribution in [0.1, 0.15) is 15.9 Å². The van der Waals surface area contributed by atoms with Crippen molar-refractivity contribution in [3.63, 3.8) is 0 Å². The van der Waals surface area contributed by atoms with Gasteiger partial charge in [-0.15, -0.1) is 18.3 Å². The topological polar surface area (TPSA) is 97.6 Å². The second-order valence-corrected chi connectivity index (χ2v) is 7.32. The fourth-order valence-electron chi connectivity index (χ4n) is 3.46. The Labute approximate surface area is 195 Å². The van der Waals surface area contributed by atoms with Crippen LogP contribution in [-0.4, -0.2) is 39.8 Å². The lowest BCUT2D eigenvalue weighted by atomic mass is 10.1. The van der Waals surface area contributed by atoms with Crippen LogP contribution in [0.5, 0.6) is 5.75 Å². The van der Waals surface area contributed by atoms with Crippen LogP contribution in [0.15, 0.2) is 61.1 Å². The zero-order valence-corrected chi connectivity index (χ0v) is 18.1. The molecule has 12 heteroatoms. The molecule has 2 aromatic heterocycles. The number of benzene rings is 2. The van der Waals surface area contributed by atoms with Gasteiger partial charge in [-0.1, -0.05) is 18.2 Å². The van der Waals surface area contributed by atoms with Gasteiger partial charge in [0.25, 0.3) is 5.91 Å². The van der Waals surface area contributed by atoms with Crippen LogP contribution < -0.4 is 15.4 Å². The van der Waals surface area contributed by atoms with Gasteiger partial charge >= 0.3 is 6.36 Å². The first kappa shape index (κ1) is 23.7. The summed E-state index contributed by atoms with van der Waals surface area (Å²) in [5.41, 5.74) is 1.66. The fraction of sp³-hybridized carbons (Fsp3) is 0.130. The maximum atomic E-state index is 13.9. The molecule has 2 heterocycles. The van der Waals surface area contributed by atoms with Crippen molar-refractivity contribution in [2.75, 3.05) is 12.4 Å². The SMILES string of the molecule is CNC(=O)c1cc(CC(=O)Nc2nn3cnccc3c2-c2ccc(OC(F)(F)F)cc2)ccc1F. The van der Waals surface area contributed by atoms with Crippen LogP contribution in [0.3, 0.4) is 0 Å². The van der Waals surface area contributed by atoms with Gasteiger partial charge in [0.05, 0.1) is 23.1 Å². The van der Waals surface area contributed by atoms with Crippen LogP contribution in [0.2, 0.25) is 0 Å². The Morgan fingerprint density at radius 2 is 1.83 bits per heavy atom. The van der Waals surface area contributed by atoms with Crippen LogP contribution >= 0.6 is 0 Å². The highest BCUT2D eigenvalue weighted by atomic mass is 19.4. The third-order valence-corrected chi connectivity index (χ3v) is 4.94. The number of hydrogen-bond donors (Lipinski definition) is 2. The maximum Gasteiger partial charge on any atom is 0.573 e. The number of amides is 2. The van der Waals surface area contributed by atoms with Crippen molar-refractivity contribution in [1.29, 1.82) is 0 Å². The van der Waals surface area contributed by atoms with Gasteiger partial charge in [-0.05, 0) is 41.5 Å². The molecular formula is C23H17F4N5O3. The number of anilines is 1. The molecule has 0 spiro atoms. The second-order valence-electron chi connectivity index (χ2n) is 7.32. The van der Waals surface area contributed by atoms with E-state index in [1.165, 1.54) is 48.4 Å². The molecule has 8 nitrogen and oxygen atoms in total. The summed E-state index contributed by atoms with van der Waals surface area (Å²) < 4.78 is 56.7. The van der Waals surface area contributed by atoms with E-state index in [-0.39, 0.29) is 17.8 Å². The summed E-state index contributed by atoms with van der Waals surface area (Å²) in [6, 6.07) is 10.5. The number of hydrogen-bond acceptors (Lipinski definition) is 5. The average molecular weight is 487 g/mol. The standard InChI is InChI=1S/C23H17F4N5O3/c1-28-22(34)16-10-13(2-7-17(16)24)11-19(33)30-21-20(18-8-9-29-12-32(18)31-21)14-3-5-15(6-4-14)35-23(25,26)27/h2-10,12H,11H2,1H3,(H,28,34)(H,30,31,33). The summed E-state index contributed by atoms with van der Waals surface area (Å²) in [5.74, 6) is -2.11. The predicted molar refractivity (Wildman–Crippen MR) is 117 cm³/mol. The number of alkyl halides is 3. The highest BCUT2D eigenvalue weighted by Crippen LogP contribution is 2.34. The van der Waals surface area contributed by atoms with Crippen LogP contribution in [0, 0.1) is 5.82 Å². The quantitative estimate of drug-likeness (QED) is 0.401. The minimum atomic E-state index is -4.82. The molecule has 2 N–H and O–H groups in total. The molecule has 35 heavy (non-hydrogen) atoms. The molecule has 0 fully saturated rings. The van der Waals surface area contributed by atoms with Gasteiger partial charge in [-0.3, -0.25) is 9.59 Å². The summed E-state index contributed by atoms with van der Waals surface area (Å²) in [4.78, 5) is 28.6. The number of ether oxygens (including phenoxy) is 1. The number of rotatable bonds is 6. The number of aromatic nitrogens is 3. The number of halogens is 4. The van der Waals surface area contributed by atoms with E-state index in [1.807, 2.05) is 0 Å². The van der Waals surface area contributed by atoms with E-state index in [0.29, 0.717) is 22.2 Å². The van der Waals surface area contributed by atoms with E-state index in [0.717, 1.165) is 18.2 Å². The van der Waals surface area contributed by atoms with Gasteiger partial charge in [0.1, 0.15) is 17.9 Å². The number of carbonyl (C=O) groups is 2. The average Bonchev–Trinajstić information content (AvgIpc) is 3.17. The third kappa shape index (κ3) is 5.37. The summed E-state index contributed by atoms with van der Waals surface area (Å²) in [6.45, 7) is 0. The van der Waals surface area contributed by atoms with Crippen molar-refractivity contribution < 1.29 is 31.9 Å². The number of nitrogens with one attached hydrogen (secondary N) is 2. The minimum Gasteiger partial charge on any atom is -0.406 e. The zero-order valence-electron chi connectivity index (χ0n) is 18.1. The Bertz CT molecular complexity index is 1400. The molecule has 0 saturated carbocycles. The third-order valence-electron chi connectivity index (χ3n) is 4.94. The summed E-state index contributed by atoms with van der Waals surface area (Å²) in [6.07, 6.45) is -2.10. The van der Waals surface area contributed by atoms with Gasteiger partial charge < -0.3 is 15.4 Å². The number of carbonyl (C=O) groups excluding carboxylic acids is 2. The van der Waals surface area contributed by atoms with Crippen LogP contribution in [-0.2, 0) is 11.2 Å². The monoisotopic (exact) mass is 487 g/mol. The highest BCUT2D eigenvalue weighted by Gasteiger charge is 2.31. The molecular weight excluding hydrogens is 470 g/mol. The molecule has 0 radical (unpaired) electrons. The molecule has 0 aliphatic rings. The van der Waals surface area contributed by atoms with E-state index >= 15 is 0 Å². The Morgan fingerprint density at radius 1 is 1.09 bits per heavy atom.